The number of methoxy groups -OCH3 is 2. The van der Waals surface area contributed by atoms with Crippen LogP contribution in [-0.2, 0) is 17.6 Å². The van der Waals surface area contributed by atoms with Crippen LogP contribution < -0.4 is 14.8 Å². The maximum Gasteiger partial charge on any atom is 0.224 e. The fourth-order valence-electron chi connectivity index (χ4n) is 2.94. The van der Waals surface area contributed by atoms with Gasteiger partial charge < -0.3 is 19.8 Å². The van der Waals surface area contributed by atoms with Crippen LogP contribution in [0.25, 0.3) is 10.9 Å². The summed E-state index contributed by atoms with van der Waals surface area (Å²) in [5, 5.41) is 4.18. The van der Waals surface area contributed by atoms with Gasteiger partial charge in [-0.2, -0.15) is 0 Å². The van der Waals surface area contributed by atoms with Gasteiger partial charge in [0.2, 0.25) is 5.91 Å². The number of benzene rings is 2. The van der Waals surface area contributed by atoms with Crippen LogP contribution in [0.1, 0.15) is 11.1 Å². The Kier molecular flexibility index (Phi) is 5.83. The van der Waals surface area contributed by atoms with Crippen LogP contribution in [0.3, 0.4) is 0 Å². The summed E-state index contributed by atoms with van der Waals surface area (Å²) in [6, 6.07) is 11.8. The summed E-state index contributed by atoms with van der Waals surface area (Å²) < 4.78 is 11.4. The van der Waals surface area contributed by atoms with Crippen molar-refractivity contribution >= 4 is 32.7 Å². The predicted octanol–water partition coefficient (Wildman–Crippen LogP) is 3.85. The third-order valence-corrected chi connectivity index (χ3v) is 5.03. The van der Waals surface area contributed by atoms with Crippen LogP contribution in [0, 0.1) is 0 Å². The summed E-state index contributed by atoms with van der Waals surface area (Å²) >= 11 is 3.49. The van der Waals surface area contributed by atoms with Gasteiger partial charge in [-0.25, -0.2) is 0 Å². The minimum atomic E-state index is -0.0299. The lowest BCUT2D eigenvalue weighted by Gasteiger charge is -2.12. The molecule has 3 aromatic rings. The second-order valence-corrected chi connectivity index (χ2v) is 6.79. The van der Waals surface area contributed by atoms with Gasteiger partial charge in [-0.1, -0.05) is 34.1 Å². The quantitative estimate of drug-likeness (QED) is 0.614. The lowest BCUT2D eigenvalue weighted by atomic mass is 10.1. The summed E-state index contributed by atoms with van der Waals surface area (Å²) in [4.78, 5) is 15.6. The van der Waals surface area contributed by atoms with Gasteiger partial charge in [-0.3, -0.25) is 4.79 Å². The molecule has 26 heavy (non-hydrogen) atoms. The monoisotopic (exact) mass is 416 g/mol. The predicted molar refractivity (Wildman–Crippen MR) is 106 cm³/mol. The Bertz CT molecular complexity index is 921. The van der Waals surface area contributed by atoms with Gasteiger partial charge >= 0.3 is 0 Å². The molecule has 0 aliphatic heterocycles. The molecule has 136 valence electrons. The fraction of sp³-hybridized carbons (Fsp3) is 0.250. The second-order valence-electron chi connectivity index (χ2n) is 5.93. The number of carbonyl (C=O) groups excluding carboxylic acids is 1. The molecule has 0 atom stereocenters. The highest BCUT2D eigenvalue weighted by atomic mass is 79.9. The van der Waals surface area contributed by atoms with E-state index < -0.39 is 0 Å². The van der Waals surface area contributed by atoms with E-state index in [2.05, 4.69) is 32.3 Å². The summed E-state index contributed by atoms with van der Waals surface area (Å²) in [5.41, 5.74) is 3.17. The summed E-state index contributed by atoms with van der Waals surface area (Å²) in [6.07, 6.45) is 3.05. The Morgan fingerprint density at radius 3 is 2.62 bits per heavy atom. The number of amides is 1. The van der Waals surface area contributed by atoms with Crippen LogP contribution in [0.4, 0.5) is 0 Å². The number of hydrogen-bond acceptors (Lipinski definition) is 3. The van der Waals surface area contributed by atoms with Gasteiger partial charge in [0.1, 0.15) is 0 Å². The largest absolute Gasteiger partial charge is 0.493 e. The Labute approximate surface area is 160 Å². The molecule has 0 saturated heterocycles. The van der Waals surface area contributed by atoms with Gasteiger partial charge in [0.05, 0.1) is 20.6 Å². The first-order chi connectivity index (χ1) is 12.6. The molecule has 0 spiro atoms. The summed E-state index contributed by atoms with van der Waals surface area (Å²) in [6.45, 7) is 0.589. The first-order valence-electron chi connectivity index (χ1n) is 8.34. The zero-order chi connectivity index (χ0) is 18.5. The van der Waals surface area contributed by atoms with Gasteiger partial charge in [0, 0.05) is 28.1 Å². The maximum atomic E-state index is 12.3. The van der Waals surface area contributed by atoms with Crippen molar-refractivity contribution in [3.8, 4) is 11.5 Å². The number of aromatic amines is 1. The number of carbonyl (C=O) groups is 1. The third-order valence-electron chi connectivity index (χ3n) is 4.30. The Balaban J connectivity index is 1.59. The van der Waals surface area contributed by atoms with Crippen LogP contribution in [0.15, 0.2) is 47.1 Å². The standard InChI is InChI=1S/C20H21BrN2O3/c1-25-18-9-14(16(21)11-19(18)26-2)10-20(24)22-8-7-13-12-23-17-6-4-3-5-15(13)17/h3-6,9,11-12,23H,7-8,10H2,1-2H3,(H,22,24). The van der Waals surface area contributed by atoms with Gasteiger partial charge in [0.25, 0.3) is 0 Å². The zero-order valence-electron chi connectivity index (χ0n) is 14.8. The second kappa shape index (κ2) is 8.27. The van der Waals surface area contributed by atoms with E-state index in [1.165, 1.54) is 10.9 Å². The molecule has 5 nitrogen and oxygen atoms in total. The van der Waals surface area contributed by atoms with Crippen molar-refractivity contribution in [3.63, 3.8) is 0 Å². The molecule has 0 saturated carbocycles. The normalized spacial score (nSPS) is 10.7. The zero-order valence-corrected chi connectivity index (χ0v) is 16.4. The van der Waals surface area contributed by atoms with E-state index in [1.54, 1.807) is 14.2 Å². The summed E-state index contributed by atoms with van der Waals surface area (Å²) in [5.74, 6) is 1.21. The molecular weight excluding hydrogens is 396 g/mol. The van der Waals surface area contributed by atoms with E-state index >= 15 is 0 Å². The van der Waals surface area contributed by atoms with Crippen LogP contribution in [0.5, 0.6) is 11.5 Å². The SMILES string of the molecule is COc1cc(Br)c(CC(=O)NCCc2c[nH]c3ccccc23)cc1OC. The molecule has 6 heteroatoms. The molecule has 0 aliphatic carbocycles. The van der Waals surface area contributed by atoms with Gasteiger partial charge in [0.15, 0.2) is 11.5 Å². The highest BCUT2D eigenvalue weighted by molar-refractivity contribution is 9.10. The first-order valence-corrected chi connectivity index (χ1v) is 9.13. The van der Waals surface area contributed by atoms with Crippen molar-refractivity contribution in [3.05, 3.63) is 58.2 Å². The molecule has 1 amide bonds. The number of rotatable bonds is 7. The number of para-hydroxylation sites is 1. The molecule has 3 rings (SSSR count). The van der Waals surface area contributed by atoms with Crippen molar-refractivity contribution in [2.75, 3.05) is 20.8 Å². The number of hydrogen-bond donors (Lipinski definition) is 2. The van der Waals surface area contributed by atoms with E-state index in [0.717, 1.165) is 22.0 Å². The number of fused-ring (bicyclic) bond motifs is 1. The van der Waals surface area contributed by atoms with Crippen molar-refractivity contribution in [1.82, 2.24) is 10.3 Å². The number of aromatic nitrogens is 1. The highest BCUT2D eigenvalue weighted by Crippen LogP contribution is 2.33. The molecule has 1 aromatic heterocycles. The van der Waals surface area contributed by atoms with Crippen molar-refractivity contribution < 1.29 is 14.3 Å². The minimum absolute atomic E-state index is 0.0299. The smallest absolute Gasteiger partial charge is 0.224 e. The van der Waals surface area contributed by atoms with E-state index in [4.69, 9.17) is 9.47 Å². The maximum absolute atomic E-state index is 12.3. The number of nitrogens with one attached hydrogen (secondary N) is 2. The van der Waals surface area contributed by atoms with Gasteiger partial charge in [-0.05, 0) is 35.7 Å². The molecule has 2 aromatic carbocycles. The lowest BCUT2D eigenvalue weighted by Crippen LogP contribution is -2.27. The van der Waals surface area contributed by atoms with Crippen molar-refractivity contribution in [2.45, 2.75) is 12.8 Å². The molecular formula is C20H21BrN2O3. The number of ether oxygens (including phenoxy) is 2. The fourth-order valence-corrected chi connectivity index (χ4v) is 3.40. The lowest BCUT2D eigenvalue weighted by molar-refractivity contribution is -0.120. The molecule has 1 heterocycles. The molecule has 0 bridgehead atoms. The molecule has 2 N–H and O–H groups in total. The minimum Gasteiger partial charge on any atom is -0.493 e. The number of halogens is 1. The van der Waals surface area contributed by atoms with E-state index in [0.29, 0.717) is 18.0 Å². The molecule has 0 fully saturated rings. The molecule has 0 aliphatic rings. The average molecular weight is 417 g/mol. The van der Waals surface area contributed by atoms with Crippen LogP contribution in [-0.4, -0.2) is 31.7 Å². The highest BCUT2D eigenvalue weighted by Gasteiger charge is 2.13. The van der Waals surface area contributed by atoms with Crippen LogP contribution >= 0.6 is 15.9 Å². The van der Waals surface area contributed by atoms with E-state index in [-0.39, 0.29) is 12.3 Å². The van der Waals surface area contributed by atoms with Crippen molar-refractivity contribution in [2.24, 2.45) is 0 Å². The Morgan fingerprint density at radius 1 is 1.12 bits per heavy atom. The summed E-state index contributed by atoms with van der Waals surface area (Å²) in [7, 11) is 3.16. The molecule has 0 radical (unpaired) electrons. The number of H-pyrrole nitrogens is 1. The van der Waals surface area contributed by atoms with Crippen molar-refractivity contribution in [1.29, 1.82) is 0 Å². The Morgan fingerprint density at radius 2 is 1.85 bits per heavy atom. The average Bonchev–Trinajstić information content (AvgIpc) is 3.06. The van der Waals surface area contributed by atoms with Gasteiger partial charge in [-0.15, -0.1) is 0 Å². The Hall–Kier alpha value is -2.47. The van der Waals surface area contributed by atoms with E-state index in [1.807, 2.05) is 36.5 Å². The third kappa shape index (κ3) is 4.02. The van der Waals surface area contributed by atoms with E-state index in [9.17, 15) is 4.79 Å². The van der Waals surface area contributed by atoms with Crippen LogP contribution in [0.2, 0.25) is 0 Å². The topological polar surface area (TPSA) is 63.3 Å². The first kappa shape index (κ1) is 18.3. The molecule has 0 unspecified atom stereocenters.